The fraction of sp³-hybridized carbons (Fsp3) is 0.667. The molecule has 1 unspecified atom stereocenters. The zero-order valence-corrected chi connectivity index (χ0v) is 17.9. The molecule has 0 aromatic heterocycles. The number of aliphatic imine (C=N–C) groups is 1. The average molecular weight is 368 g/mol. The van der Waals surface area contributed by atoms with Crippen LogP contribution < -0.4 is 5.32 Å². The smallest absolute Gasteiger partial charge is 0.0489 e. The standard InChI is InChI=1S/C21H38ClN3/c1-8-19(23-7)21(17(5)14-15-22)20(9-2)24-18(6)13-12-16-25(10-3)11-4/h9,14,18,24H,7-8,10-13,15-16H2,1-6H3/b17-14-,20-9+,21-19-. The van der Waals surface area contributed by atoms with Crippen molar-refractivity contribution in [3.8, 4) is 0 Å². The number of rotatable bonds is 13. The van der Waals surface area contributed by atoms with Crippen molar-refractivity contribution < 1.29 is 0 Å². The number of halogens is 1. The van der Waals surface area contributed by atoms with Crippen molar-refractivity contribution in [1.82, 2.24) is 10.2 Å². The Labute approximate surface area is 160 Å². The first-order valence-electron chi connectivity index (χ1n) is 9.57. The van der Waals surface area contributed by atoms with Gasteiger partial charge in [0, 0.05) is 28.9 Å². The second-order valence-electron chi connectivity index (χ2n) is 6.29. The van der Waals surface area contributed by atoms with E-state index in [9.17, 15) is 0 Å². The van der Waals surface area contributed by atoms with Gasteiger partial charge in [-0.3, -0.25) is 4.99 Å². The topological polar surface area (TPSA) is 27.6 Å². The van der Waals surface area contributed by atoms with Gasteiger partial charge < -0.3 is 10.2 Å². The predicted octanol–water partition coefficient (Wildman–Crippen LogP) is 5.54. The Morgan fingerprint density at radius 3 is 2.36 bits per heavy atom. The maximum atomic E-state index is 5.92. The zero-order chi connectivity index (χ0) is 19.2. The summed E-state index contributed by atoms with van der Waals surface area (Å²) in [5.41, 5.74) is 4.42. The van der Waals surface area contributed by atoms with Crippen molar-refractivity contribution in [2.24, 2.45) is 4.99 Å². The molecule has 0 radical (unpaired) electrons. The van der Waals surface area contributed by atoms with Crippen LogP contribution >= 0.6 is 11.6 Å². The molecule has 0 aliphatic rings. The van der Waals surface area contributed by atoms with E-state index in [0.717, 1.165) is 55.0 Å². The minimum absolute atomic E-state index is 0.406. The Kier molecular flexibility index (Phi) is 13.5. The van der Waals surface area contributed by atoms with Crippen LogP contribution in [0.1, 0.15) is 60.8 Å². The first-order chi connectivity index (χ1) is 12.0. The van der Waals surface area contributed by atoms with Crippen LogP contribution in [0.3, 0.4) is 0 Å². The first kappa shape index (κ1) is 23.9. The lowest BCUT2D eigenvalue weighted by Gasteiger charge is -2.23. The van der Waals surface area contributed by atoms with Crippen molar-refractivity contribution in [3.63, 3.8) is 0 Å². The zero-order valence-electron chi connectivity index (χ0n) is 17.2. The summed E-state index contributed by atoms with van der Waals surface area (Å²) in [6.07, 6.45) is 7.35. The van der Waals surface area contributed by atoms with Gasteiger partial charge in [-0.05, 0) is 72.0 Å². The molecule has 1 N–H and O–H groups in total. The molecule has 0 aromatic rings. The molecule has 0 aromatic carbocycles. The molecule has 4 heteroatoms. The molecular formula is C21H38ClN3. The lowest BCUT2D eigenvalue weighted by Crippen LogP contribution is -2.29. The van der Waals surface area contributed by atoms with Crippen molar-refractivity contribution in [2.75, 3.05) is 25.5 Å². The van der Waals surface area contributed by atoms with Gasteiger partial charge in [0.05, 0.1) is 0 Å². The quantitative estimate of drug-likeness (QED) is 0.263. The van der Waals surface area contributed by atoms with Crippen LogP contribution in [0.4, 0.5) is 0 Å². The van der Waals surface area contributed by atoms with Gasteiger partial charge in [-0.1, -0.05) is 32.9 Å². The molecule has 0 amide bonds. The molecule has 0 aliphatic carbocycles. The summed E-state index contributed by atoms with van der Waals surface area (Å²) >= 11 is 5.92. The number of nitrogens with zero attached hydrogens (tertiary/aromatic N) is 2. The fourth-order valence-corrected chi connectivity index (χ4v) is 3.21. The summed E-state index contributed by atoms with van der Waals surface area (Å²) in [5, 5.41) is 3.68. The van der Waals surface area contributed by atoms with Crippen LogP contribution in [0.15, 0.2) is 39.7 Å². The molecule has 0 saturated carbocycles. The molecule has 0 bridgehead atoms. The summed E-state index contributed by atoms with van der Waals surface area (Å²) in [5.74, 6) is 0.500. The van der Waals surface area contributed by atoms with Gasteiger partial charge in [0.1, 0.15) is 0 Å². The third-order valence-corrected chi connectivity index (χ3v) is 4.71. The summed E-state index contributed by atoms with van der Waals surface area (Å²) in [6.45, 7) is 20.1. The van der Waals surface area contributed by atoms with E-state index in [0.29, 0.717) is 11.9 Å². The van der Waals surface area contributed by atoms with Gasteiger partial charge in [0.15, 0.2) is 0 Å². The van der Waals surface area contributed by atoms with E-state index in [1.54, 1.807) is 0 Å². The van der Waals surface area contributed by atoms with Crippen molar-refractivity contribution >= 4 is 18.3 Å². The highest BCUT2D eigenvalue weighted by Gasteiger charge is 2.14. The molecule has 0 fully saturated rings. The predicted molar refractivity (Wildman–Crippen MR) is 115 cm³/mol. The first-order valence-corrected chi connectivity index (χ1v) is 10.1. The summed E-state index contributed by atoms with van der Waals surface area (Å²) < 4.78 is 0. The van der Waals surface area contributed by atoms with E-state index in [2.05, 4.69) is 69.5 Å². The Morgan fingerprint density at radius 2 is 1.92 bits per heavy atom. The maximum Gasteiger partial charge on any atom is 0.0489 e. The van der Waals surface area contributed by atoms with Crippen LogP contribution in [0.5, 0.6) is 0 Å². The third kappa shape index (κ3) is 8.73. The number of nitrogens with one attached hydrogen (secondary N) is 1. The third-order valence-electron chi connectivity index (χ3n) is 4.56. The minimum atomic E-state index is 0.406. The molecule has 25 heavy (non-hydrogen) atoms. The summed E-state index contributed by atoms with van der Waals surface area (Å²) in [4.78, 5) is 6.72. The highest BCUT2D eigenvalue weighted by atomic mass is 35.5. The number of alkyl halides is 1. The lowest BCUT2D eigenvalue weighted by atomic mass is 9.98. The molecule has 0 aliphatic heterocycles. The minimum Gasteiger partial charge on any atom is -0.382 e. The molecule has 3 nitrogen and oxygen atoms in total. The van der Waals surface area contributed by atoms with Gasteiger partial charge in [-0.2, -0.15) is 0 Å². The van der Waals surface area contributed by atoms with Crippen molar-refractivity contribution in [3.05, 3.63) is 34.7 Å². The SMILES string of the molecule is C=N/C(CC)=C(C(/C)=C\CCl)\C(=C/C)NC(C)CCCN(CC)CC. The lowest BCUT2D eigenvalue weighted by molar-refractivity contribution is 0.292. The monoisotopic (exact) mass is 367 g/mol. The second kappa shape index (κ2) is 14.1. The number of hydrogen-bond donors (Lipinski definition) is 1. The van der Waals surface area contributed by atoms with Crippen LogP contribution in [0, 0.1) is 0 Å². The summed E-state index contributed by atoms with van der Waals surface area (Å²) in [6, 6.07) is 0.406. The number of allylic oxidation sites excluding steroid dienone is 4. The van der Waals surface area contributed by atoms with E-state index < -0.39 is 0 Å². The van der Waals surface area contributed by atoms with E-state index in [-0.39, 0.29) is 0 Å². The van der Waals surface area contributed by atoms with Crippen LogP contribution in [-0.4, -0.2) is 43.2 Å². The van der Waals surface area contributed by atoms with Gasteiger partial charge in [0.25, 0.3) is 0 Å². The normalized spacial score (nSPS) is 15.2. The molecule has 1 atom stereocenters. The second-order valence-corrected chi connectivity index (χ2v) is 6.60. The van der Waals surface area contributed by atoms with Crippen molar-refractivity contribution in [1.29, 1.82) is 0 Å². The van der Waals surface area contributed by atoms with E-state index in [1.807, 2.05) is 6.08 Å². The summed E-state index contributed by atoms with van der Waals surface area (Å²) in [7, 11) is 0. The Balaban J connectivity index is 5.11. The molecule has 0 heterocycles. The van der Waals surface area contributed by atoms with Gasteiger partial charge in [0.2, 0.25) is 0 Å². The molecule has 0 rings (SSSR count). The number of hydrogen-bond acceptors (Lipinski definition) is 3. The van der Waals surface area contributed by atoms with Gasteiger partial charge in [-0.15, -0.1) is 11.6 Å². The fourth-order valence-electron chi connectivity index (χ4n) is 2.98. The van der Waals surface area contributed by atoms with Gasteiger partial charge in [-0.25, -0.2) is 0 Å². The Bertz CT molecular complexity index is 474. The van der Waals surface area contributed by atoms with Crippen LogP contribution in [0.2, 0.25) is 0 Å². The highest BCUT2D eigenvalue weighted by molar-refractivity contribution is 6.19. The molecule has 144 valence electrons. The molecule has 0 saturated heterocycles. The Hall–Kier alpha value is -1.06. The molecule has 0 spiro atoms. The van der Waals surface area contributed by atoms with Gasteiger partial charge >= 0.3 is 0 Å². The van der Waals surface area contributed by atoms with Crippen molar-refractivity contribution in [2.45, 2.75) is 66.8 Å². The van der Waals surface area contributed by atoms with Crippen LogP contribution in [-0.2, 0) is 0 Å². The largest absolute Gasteiger partial charge is 0.382 e. The highest BCUT2D eigenvalue weighted by Crippen LogP contribution is 2.25. The van der Waals surface area contributed by atoms with E-state index >= 15 is 0 Å². The van der Waals surface area contributed by atoms with Crippen LogP contribution in [0.25, 0.3) is 0 Å². The average Bonchev–Trinajstić information content (AvgIpc) is 2.61. The van der Waals surface area contributed by atoms with E-state index in [1.165, 1.54) is 6.42 Å². The molecular weight excluding hydrogens is 330 g/mol. The van der Waals surface area contributed by atoms with E-state index in [4.69, 9.17) is 11.6 Å². The maximum absolute atomic E-state index is 5.92. The Morgan fingerprint density at radius 1 is 1.28 bits per heavy atom.